The number of hydrogen-bond acceptors (Lipinski definition) is 9. The van der Waals surface area contributed by atoms with Gasteiger partial charge in [-0.15, -0.1) is 0 Å². The van der Waals surface area contributed by atoms with E-state index >= 15 is 4.39 Å². The number of fused-ring (bicyclic) bond motifs is 3. The van der Waals surface area contributed by atoms with Crippen LogP contribution >= 0.6 is 0 Å². The molecular weight excluding hydrogens is 561 g/mol. The van der Waals surface area contributed by atoms with Crippen LogP contribution in [-0.2, 0) is 10.2 Å². The number of carbonyl (C=O) groups excluding carboxylic acids is 1. The summed E-state index contributed by atoms with van der Waals surface area (Å²) in [5, 5.41) is 24.0. The molecule has 11 heteroatoms. The van der Waals surface area contributed by atoms with Crippen molar-refractivity contribution in [2.45, 2.75) is 57.2 Å². The van der Waals surface area contributed by atoms with E-state index in [0.717, 1.165) is 12.8 Å². The Bertz CT molecular complexity index is 1450. The summed E-state index contributed by atoms with van der Waals surface area (Å²) >= 11 is 0. The Labute approximate surface area is 248 Å². The lowest BCUT2D eigenvalue weighted by molar-refractivity contribution is -0.118. The average Bonchev–Trinajstić information content (AvgIpc) is 3.71. The van der Waals surface area contributed by atoms with Gasteiger partial charge < -0.3 is 44.0 Å². The van der Waals surface area contributed by atoms with Crippen molar-refractivity contribution in [3.05, 3.63) is 65.0 Å². The maximum atomic E-state index is 15.0. The zero-order valence-corrected chi connectivity index (χ0v) is 24.0. The van der Waals surface area contributed by atoms with E-state index in [1.807, 2.05) is 13.8 Å². The number of aliphatic hydroxyl groups excluding tert-OH is 2. The van der Waals surface area contributed by atoms with Crippen molar-refractivity contribution in [1.82, 2.24) is 0 Å². The van der Waals surface area contributed by atoms with Gasteiger partial charge in [-0.05, 0) is 43.2 Å². The molecular formula is C32H34FNO9. The second-order valence-electron chi connectivity index (χ2n) is 10.8. The summed E-state index contributed by atoms with van der Waals surface area (Å²) in [6, 6.07) is 10.6. The first-order chi connectivity index (χ1) is 20.8. The van der Waals surface area contributed by atoms with Crippen LogP contribution in [0.4, 0.5) is 10.1 Å². The van der Waals surface area contributed by atoms with Gasteiger partial charge in [0, 0.05) is 34.5 Å². The number of amides is 1. The molecule has 3 atom stereocenters. The maximum Gasteiger partial charge on any atom is 0.244 e. The van der Waals surface area contributed by atoms with Gasteiger partial charge in [0.2, 0.25) is 19.5 Å². The van der Waals surface area contributed by atoms with E-state index < -0.39 is 29.3 Å². The second kappa shape index (κ2) is 11.8. The molecule has 10 nitrogen and oxygen atoms in total. The lowest BCUT2D eigenvalue weighted by Crippen LogP contribution is -2.38. The SMILES string of the molecule is CCCC(O)COc1cc2c(cc1C1(c3cc4c(cc3OC[C@H](O)CCC)OCO4)C(=O)Nc3ccc(F)cc31)OCO2. The summed E-state index contributed by atoms with van der Waals surface area (Å²) in [6.45, 7) is 3.74. The molecule has 3 N–H and O–H groups in total. The molecule has 0 spiro atoms. The lowest BCUT2D eigenvalue weighted by atomic mass is 9.69. The molecule has 43 heavy (non-hydrogen) atoms. The van der Waals surface area contributed by atoms with Crippen LogP contribution in [0.2, 0.25) is 0 Å². The minimum atomic E-state index is -1.74. The highest BCUT2D eigenvalue weighted by atomic mass is 19.1. The van der Waals surface area contributed by atoms with Gasteiger partial charge >= 0.3 is 0 Å². The van der Waals surface area contributed by atoms with Crippen molar-refractivity contribution in [3.8, 4) is 34.5 Å². The van der Waals surface area contributed by atoms with E-state index in [9.17, 15) is 15.0 Å². The minimum absolute atomic E-state index is 0.0329. The van der Waals surface area contributed by atoms with Gasteiger partial charge in [0.25, 0.3) is 0 Å². The number of anilines is 1. The quantitative estimate of drug-likeness (QED) is 0.274. The Morgan fingerprint density at radius 2 is 1.28 bits per heavy atom. The number of benzene rings is 3. The van der Waals surface area contributed by atoms with Crippen molar-refractivity contribution in [2.24, 2.45) is 0 Å². The van der Waals surface area contributed by atoms with E-state index in [1.54, 1.807) is 24.3 Å². The first kappa shape index (κ1) is 28.9. The van der Waals surface area contributed by atoms with Crippen LogP contribution in [0.3, 0.4) is 0 Å². The summed E-state index contributed by atoms with van der Waals surface area (Å²) in [5.74, 6) is 0.974. The van der Waals surface area contributed by atoms with E-state index in [2.05, 4.69) is 5.32 Å². The summed E-state index contributed by atoms with van der Waals surface area (Å²) in [7, 11) is 0. The van der Waals surface area contributed by atoms with Crippen molar-refractivity contribution in [3.63, 3.8) is 0 Å². The van der Waals surface area contributed by atoms with Gasteiger partial charge in [0.05, 0.1) is 12.2 Å². The highest BCUT2D eigenvalue weighted by Gasteiger charge is 2.54. The molecule has 2 unspecified atom stereocenters. The molecule has 0 saturated carbocycles. The van der Waals surface area contributed by atoms with Gasteiger partial charge in [-0.2, -0.15) is 0 Å². The highest BCUT2D eigenvalue weighted by molar-refractivity contribution is 6.12. The number of rotatable bonds is 12. The Morgan fingerprint density at radius 1 is 0.791 bits per heavy atom. The molecule has 3 aromatic carbocycles. The van der Waals surface area contributed by atoms with Gasteiger partial charge in [-0.3, -0.25) is 4.79 Å². The maximum absolute atomic E-state index is 15.0. The third-order valence-electron chi connectivity index (χ3n) is 7.84. The number of halogens is 1. The number of ether oxygens (including phenoxy) is 6. The molecule has 3 aromatic rings. The van der Waals surface area contributed by atoms with Gasteiger partial charge in [0.15, 0.2) is 23.0 Å². The zero-order chi connectivity index (χ0) is 30.1. The van der Waals surface area contributed by atoms with E-state index in [0.29, 0.717) is 58.2 Å². The number of nitrogens with one attached hydrogen (secondary N) is 1. The fourth-order valence-corrected chi connectivity index (χ4v) is 5.83. The zero-order valence-electron chi connectivity index (χ0n) is 24.0. The largest absolute Gasteiger partial charge is 0.490 e. The normalized spacial score (nSPS) is 19.1. The molecule has 228 valence electrons. The Morgan fingerprint density at radius 3 is 1.77 bits per heavy atom. The predicted octanol–water partition coefficient (Wildman–Crippen LogP) is 4.65. The Kier molecular flexibility index (Phi) is 7.93. The van der Waals surface area contributed by atoms with Crippen molar-refractivity contribution in [1.29, 1.82) is 0 Å². The van der Waals surface area contributed by atoms with Gasteiger partial charge in [0.1, 0.15) is 35.9 Å². The summed E-state index contributed by atoms with van der Waals surface area (Å²) in [5.41, 5.74) is -0.390. The standard InChI is InChI=1S/C32H34FNO9/c1-3-5-19(35)14-38-25-12-29-27(40-16-42-29)10-22(25)32(21-9-18(33)7-8-24(21)34-31(32)37)23-11-28-30(43-17-41-28)13-26(23)39-15-20(36)6-4-2/h7-13,19-20,35-36H,3-6,14-17H2,1-2H3,(H,34,37)/t19-,20?,32?/m1/s1. The van der Waals surface area contributed by atoms with E-state index in [1.165, 1.54) is 18.2 Å². The van der Waals surface area contributed by atoms with Crippen molar-refractivity contribution >= 4 is 11.6 Å². The number of carbonyl (C=O) groups is 1. The van der Waals surface area contributed by atoms with E-state index in [4.69, 9.17) is 28.4 Å². The molecule has 0 aliphatic carbocycles. The molecule has 0 fully saturated rings. The molecule has 3 aliphatic heterocycles. The molecule has 0 saturated heterocycles. The van der Waals surface area contributed by atoms with Gasteiger partial charge in [-0.25, -0.2) is 4.39 Å². The third kappa shape index (κ3) is 5.16. The molecule has 0 bridgehead atoms. The van der Waals surface area contributed by atoms with E-state index in [-0.39, 0.29) is 38.3 Å². The molecule has 0 aromatic heterocycles. The molecule has 3 aliphatic rings. The van der Waals surface area contributed by atoms with Crippen LogP contribution in [0, 0.1) is 5.82 Å². The van der Waals surface area contributed by atoms with Crippen molar-refractivity contribution in [2.75, 3.05) is 32.1 Å². The summed E-state index contributed by atoms with van der Waals surface area (Å²) in [6.07, 6.45) is 1.01. The number of hydrogen-bond donors (Lipinski definition) is 3. The van der Waals surface area contributed by atoms with Crippen LogP contribution in [-0.4, -0.2) is 55.1 Å². The van der Waals surface area contributed by atoms with Crippen LogP contribution in [0.25, 0.3) is 0 Å². The minimum Gasteiger partial charge on any atom is -0.490 e. The molecule has 1 amide bonds. The predicted molar refractivity (Wildman–Crippen MR) is 153 cm³/mol. The van der Waals surface area contributed by atoms with Crippen LogP contribution in [0.1, 0.15) is 56.2 Å². The highest BCUT2D eigenvalue weighted by Crippen LogP contribution is 2.57. The first-order valence-corrected chi connectivity index (χ1v) is 14.5. The van der Waals surface area contributed by atoms with Crippen LogP contribution in [0.5, 0.6) is 34.5 Å². The lowest BCUT2D eigenvalue weighted by Gasteiger charge is -2.32. The fraction of sp³-hybridized carbons (Fsp3) is 0.406. The average molecular weight is 596 g/mol. The number of aliphatic hydroxyl groups is 2. The molecule has 6 rings (SSSR count). The second-order valence-corrected chi connectivity index (χ2v) is 10.8. The Balaban J connectivity index is 1.61. The Hall–Kier alpha value is -4.22. The first-order valence-electron chi connectivity index (χ1n) is 14.5. The fourth-order valence-electron chi connectivity index (χ4n) is 5.83. The van der Waals surface area contributed by atoms with Crippen LogP contribution in [0.15, 0.2) is 42.5 Å². The van der Waals surface area contributed by atoms with Crippen LogP contribution < -0.4 is 33.7 Å². The topological polar surface area (TPSA) is 125 Å². The monoisotopic (exact) mass is 595 g/mol. The van der Waals surface area contributed by atoms with Gasteiger partial charge in [-0.1, -0.05) is 26.7 Å². The molecule has 0 radical (unpaired) electrons. The van der Waals surface area contributed by atoms with Crippen molar-refractivity contribution < 1.29 is 47.8 Å². The summed E-state index contributed by atoms with van der Waals surface area (Å²) < 4.78 is 50.1. The summed E-state index contributed by atoms with van der Waals surface area (Å²) in [4.78, 5) is 14.5. The smallest absolute Gasteiger partial charge is 0.244 e. The molecule has 3 heterocycles. The third-order valence-corrected chi connectivity index (χ3v) is 7.84.